The van der Waals surface area contributed by atoms with Crippen LogP contribution in [0.3, 0.4) is 0 Å². The van der Waals surface area contributed by atoms with Crippen LogP contribution in [-0.2, 0) is 0 Å². The molecule has 4 nitrogen and oxygen atoms in total. The first-order valence-corrected chi connectivity index (χ1v) is 8.32. The van der Waals surface area contributed by atoms with Crippen molar-refractivity contribution in [3.63, 3.8) is 0 Å². The zero-order chi connectivity index (χ0) is 15.9. The smallest absolute Gasteiger partial charge is 0.319 e. The Morgan fingerprint density at radius 2 is 1.91 bits per heavy atom. The van der Waals surface area contributed by atoms with Gasteiger partial charge in [0.2, 0.25) is 0 Å². The molecule has 2 aromatic rings. The Kier molecular flexibility index (Phi) is 6.12. The van der Waals surface area contributed by atoms with Crippen LogP contribution in [0.2, 0.25) is 5.02 Å². The number of hydrogen-bond donors (Lipinski definition) is 3. The molecular weight excluding hydrogens is 320 g/mol. The minimum Gasteiger partial charge on any atom is -0.387 e. The summed E-state index contributed by atoms with van der Waals surface area (Å²) >= 11 is 7.35. The fourth-order valence-corrected chi connectivity index (χ4v) is 2.59. The number of carbonyl (C=O) groups excluding carboxylic acids is 1. The van der Waals surface area contributed by atoms with Gasteiger partial charge < -0.3 is 15.7 Å². The van der Waals surface area contributed by atoms with Crippen LogP contribution in [0, 0.1) is 0 Å². The van der Waals surface area contributed by atoms with Crippen LogP contribution in [0.25, 0.3) is 0 Å². The molecule has 116 valence electrons. The highest BCUT2D eigenvalue weighted by Gasteiger charge is 2.10. The van der Waals surface area contributed by atoms with Crippen molar-refractivity contribution < 1.29 is 9.90 Å². The first kappa shape index (κ1) is 16.7. The van der Waals surface area contributed by atoms with Gasteiger partial charge in [0.15, 0.2) is 0 Å². The highest BCUT2D eigenvalue weighted by molar-refractivity contribution is 7.98. The van der Waals surface area contributed by atoms with Crippen molar-refractivity contribution in [3.8, 4) is 0 Å². The molecule has 2 amide bonds. The van der Waals surface area contributed by atoms with Gasteiger partial charge in [-0.25, -0.2) is 4.79 Å². The molecule has 0 bridgehead atoms. The van der Waals surface area contributed by atoms with Gasteiger partial charge in [0, 0.05) is 16.5 Å². The van der Waals surface area contributed by atoms with Crippen LogP contribution in [0.1, 0.15) is 11.7 Å². The number of thioether (sulfide) groups is 1. The van der Waals surface area contributed by atoms with E-state index in [1.54, 1.807) is 36.0 Å². The van der Waals surface area contributed by atoms with E-state index in [1.807, 2.05) is 30.5 Å². The van der Waals surface area contributed by atoms with Gasteiger partial charge in [-0.05, 0) is 36.1 Å². The average Bonchev–Trinajstić information content (AvgIpc) is 2.54. The lowest BCUT2D eigenvalue weighted by atomic mass is 10.1. The van der Waals surface area contributed by atoms with E-state index >= 15 is 0 Å². The number of benzene rings is 2. The van der Waals surface area contributed by atoms with Crippen molar-refractivity contribution in [1.29, 1.82) is 0 Å². The average molecular weight is 337 g/mol. The molecule has 0 aromatic heterocycles. The molecule has 2 rings (SSSR count). The zero-order valence-corrected chi connectivity index (χ0v) is 13.6. The zero-order valence-electron chi connectivity index (χ0n) is 12.0. The SMILES string of the molecule is CSc1ccccc1NC(=O)NCC(O)c1ccc(Cl)cc1. The minimum absolute atomic E-state index is 0.120. The summed E-state index contributed by atoms with van der Waals surface area (Å²) in [5, 5.41) is 16.1. The van der Waals surface area contributed by atoms with Gasteiger partial charge in [0.05, 0.1) is 11.8 Å². The number of halogens is 1. The maximum atomic E-state index is 11.9. The fraction of sp³-hybridized carbons (Fsp3) is 0.188. The van der Waals surface area contributed by atoms with Gasteiger partial charge >= 0.3 is 6.03 Å². The van der Waals surface area contributed by atoms with Crippen LogP contribution >= 0.6 is 23.4 Å². The summed E-state index contributed by atoms with van der Waals surface area (Å²) in [7, 11) is 0. The molecule has 0 aliphatic heterocycles. The Bertz CT molecular complexity index is 634. The summed E-state index contributed by atoms with van der Waals surface area (Å²) in [4.78, 5) is 12.9. The normalized spacial score (nSPS) is 11.8. The van der Waals surface area contributed by atoms with Crippen molar-refractivity contribution in [2.75, 3.05) is 18.1 Å². The number of anilines is 1. The van der Waals surface area contributed by atoms with E-state index in [1.165, 1.54) is 0 Å². The van der Waals surface area contributed by atoms with Gasteiger partial charge in [-0.3, -0.25) is 0 Å². The lowest BCUT2D eigenvalue weighted by Gasteiger charge is -2.14. The number of amides is 2. The molecular formula is C16H17ClN2O2S. The van der Waals surface area contributed by atoms with Crippen molar-refractivity contribution in [2.45, 2.75) is 11.0 Å². The molecule has 0 aliphatic rings. The summed E-state index contributed by atoms with van der Waals surface area (Å²) < 4.78 is 0. The van der Waals surface area contributed by atoms with Crippen molar-refractivity contribution in [3.05, 3.63) is 59.1 Å². The summed E-state index contributed by atoms with van der Waals surface area (Å²) in [5.41, 5.74) is 1.45. The Labute approximate surface area is 138 Å². The van der Waals surface area contributed by atoms with E-state index in [4.69, 9.17) is 11.6 Å². The molecule has 0 fully saturated rings. The van der Waals surface area contributed by atoms with Gasteiger partial charge in [-0.2, -0.15) is 0 Å². The second-order valence-corrected chi connectivity index (χ2v) is 5.89. The monoisotopic (exact) mass is 336 g/mol. The maximum Gasteiger partial charge on any atom is 0.319 e. The van der Waals surface area contributed by atoms with Crippen LogP contribution in [0.5, 0.6) is 0 Å². The third kappa shape index (κ3) is 4.66. The number of rotatable bonds is 5. The Morgan fingerprint density at radius 3 is 2.59 bits per heavy atom. The molecule has 0 saturated carbocycles. The quantitative estimate of drug-likeness (QED) is 0.725. The number of aliphatic hydroxyl groups excluding tert-OH is 1. The topological polar surface area (TPSA) is 61.4 Å². The van der Waals surface area contributed by atoms with E-state index in [0.717, 1.165) is 10.6 Å². The molecule has 0 spiro atoms. The molecule has 0 heterocycles. The number of carbonyl (C=O) groups is 1. The lowest BCUT2D eigenvalue weighted by Crippen LogP contribution is -2.32. The second-order valence-electron chi connectivity index (χ2n) is 4.60. The van der Waals surface area contributed by atoms with E-state index in [9.17, 15) is 9.90 Å². The molecule has 0 radical (unpaired) electrons. The largest absolute Gasteiger partial charge is 0.387 e. The molecule has 6 heteroatoms. The van der Waals surface area contributed by atoms with E-state index in [0.29, 0.717) is 10.6 Å². The highest BCUT2D eigenvalue weighted by atomic mass is 35.5. The predicted molar refractivity (Wildman–Crippen MR) is 91.7 cm³/mol. The molecule has 1 unspecified atom stereocenters. The first-order chi connectivity index (χ1) is 10.6. The predicted octanol–water partition coefficient (Wildman–Crippen LogP) is 3.92. The van der Waals surface area contributed by atoms with Crippen molar-refractivity contribution >= 4 is 35.1 Å². The van der Waals surface area contributed by atoms with E-state index in [2.05, 4.69) is 10.6 Å². The number of para-hydroxylation sites is 1. The lowest BCUT2D eigenvalue weighted by molar-refractivity contribution is 0.175. The highest BCUT2D eigenvalue weighted by Crippen LogP contribution is 2.24. The van der Waals surface area contributed by atoms with Crippen LogP contribution < -0.4 is 10.6 Å². The first-order valence-electron chi connectivity index (χ1n) is 6.71. The standard InChI is InChI=1S/C16H17ClN2O2S/c1-22-15-5-3-2-4-13(15)19-16(21)18-10-14(20)11-6-8-12(17)9-7-11/h2-9,14,20H,10H2,1H3,(H2,18,19,21). The number of urea groups is 1. The Morgan fingerprint density at radius 1 is 1.23 bits per heavy atom. The summed E-state index contributed by atoms with van der Waals surface area (Å²) in [6.45, 7) is 0.120. The van der Waals surface area contributed by atoms with E-state index < -0.39 is 6.10 Å². The molecule has 2 aromatic carbocycles. The summed E-state index contributed by atoms with van der Waals surface area (Å²) in [5.74, 6) is 0. The molecule has 0 aliphatic carbocycles. The van der Waals surface area contributed by atoms with Crippen molar-refractivity contribution in [1.82, 2.24) is 5.32 Å². The minimum atomic E-state index is -0.779. The number of aliphatic hydroxyl groups is 1. The Hall–Kier alpha value is -1.69. The molecule has 22 heavy (non-hydrogen) atoms. The van der Waals surface area contributed by atoms with Gasteiger partial charge in [-0.1, -0.05) is 35.9 Å². The third-order valence-electron chi connectivity index (χ3n) is 3.07. The molecule has 3 N–H and O–H groups in total. The fourth-order valence-electron chi connectivity index (χ4n) is 1.91. The van der Waals surface area contributed by atoms with Gasteiger partial charge in [-0.15, -0.1) is 11.8 Å². The van der Waals surface area contributed by atoms with Crippen LogP contribution in [-0.4, -0.2) is 23.9 Å². The van der Waals surface area contributed by atoms with Crippen molar-refractivity contribution in [2.24, 2.45) is 0 Å². The van der Waals surface area contributed by atoms with Crippen LogP contribution in [0.15, 0.2) is 53.4 Å². The molecule has 1 atom stereocenters. The third-order valence-corrected chi connectivity index (χ3v) is 4.11. The number of nitrogens with one attached hydrogen (secondary N) is 2. The van der Waals surface area contributed by atoms with Crippen LogP contribution in [0.4, 0.5) is 10.5 Å². The number of hydrogen-bond acceptors (Lipinski definition) is 3. The Balaban J connectivity index is 1.88. The van der Waals surface area contributed by atoms with Gasteiger partial charge in [0.1, 0.15) is 0 Å². The van der Waals surface area contributed by atoms with Gasteiger partial charge in [0.25, 0.3) is 0 Å². The maximum absolute atomic E-state index is 11.9. The summed E-state index contributed by atoms with van der Waals surface area (Å²) in [6, 6.07) is 14.1. The van der Waals surface area contributed by atoms with E-state index in [-0.39, 0.29) is 12.6 Å². The molecule has 0 saturated heterocycles. The second kappa shape index (κ2) is 8.08. The summed E-state index contributed by atoms with van der Waals surface area (Å²) in [6.07, 6.45) is 1.17.